The highest BCUT2D eigenvalue weighted by atomic mass is 79.9. The average molecular weight is 339 g/mol. The number of pyridine rings is 1. The van der Waals surface area contributed by atoms with Gasteiger partial charge >= 0.3 is 6.18 Å². The maximum atomic E-state index is 13.1. The zero-order valence-electron chi connectivity index (χ0n) is 10.3. The van der Waals surface area contributed by atoms with Crippen LogP contribution in [0.2, 0.25) is 0 Å². The summed E-state index contributed by atoms with van der Waals surface area (Å²) in [5.74, 6) is 0.0515. The van der Waals surface area contributed by atoms with Crippen LogP contribution < -0.4 is 4.90 Å². The van der Waals surface area contributed by atoms with E-state index in [0.717, 1.165) is 12.5 Å². The molecule has 7 heteroatoms. The predicted octanol–water partition coefficient (Wildman–Crippen LogP) is 3.07. The SMILES string of the molecule is CC1CCN(c2ncc(Br)cc2C(F)(F)F)C1CO. The topological polar surface area (TPSA) is 36.4 Å². The lowest BCUT2D eigenvalue weighted by atomic mass is 10.0. The molecule has 0 amide bonds. The normalized spacial score (nSPS) is 24.0. The van der Waals surface area contributed by atoms with Gasteiger partial charge in [-0.3, -0.25) is 0 Å². The number of halogens is 4. The minimum absolute atomic E-state index is 0.0981. The Morgan fingerprint density at radius 1 is 1.53 bits per heavy atom. The minimum atomic E-state index is -4.46. The standard InChI is InChI=1S/C12H14BrF3N2O/c1-7-2-3-18(10(7)6-19)11-9(12(14,15)16)4-8(13)5-17-11/h4-5,7,10,19H,2-3,6H2,1H3. The van der Waals surface area contributed by atoms with Crippen molar-refractivity contribution in [3.63, 3.8) is 0 Å². The second-order valence-corrected chi connectivity index (χ2v) is 5.65. The predicted molar refractivity (Wildman–Crippen MR) is 68.9 cm³/mol. The molecule has 2 heterocycles. The number of aliphatic hydroxyl groups is 1. The fourth-order valence-corrected chi connectivity index (χ4v) is 2.75. The van der Waals surface area contributed by atoms with Crippen LogP contribution in [-0.4, -0.2) is 29.3 Å². The van der Waals surface area contributed by atoms with E-state index in [9.17, 15) is 18.3 Å². The molecular formula is C12H14BrF3N2O. The van der Waals surface area contributed by atoms with Crippen molar-refractivity contribution >= 4 is 21.7 Å². The number of alkyl halides is 3. The Morgan fingerprint density at radius 3 is 2.79 bits per heavy atom. The van der Waals surface area contributed by atoms with E-state index >= 15 is 0 Å². The highest BCUT2D eigenvalue weighted by Crippen LogP contribution is 2.39. The lowest BCUT2D eigenvalue weighted by molar-refractivity contribution is -0.137. The molecule has 1 aliphatic heterocycles. The zero-order valence-corrected chi connectivity index (χ0v) is 11.9. The van der Waals surface area contributed by atoms with Gasteiger partial charge in [0.1, 0.15) is 5.82 Å². The van der Waals surface area contributed by atoms with E-state index in [1.165, 1.54) is 6.20 Å². The van der Waals surface area contributed by atoms with Crippen molar-refractivity contribution in [1.29, 1.82) is 0 Å². The summed E-state index contributed by atoms with van der Waals surface area (Å²) in [5.41, 5.74) is -0.769. The molecule has 2 atom stereocenters. The number of anilines is 1. The van der Waals surface area contributed by atoms with Crippen LogP contribution in [0.25, 0.3) is 0 Å². The summed E-state index contributed by atoms with van der Waals surface area (Å²) in [7, 11) is 0. The van der Waals surface area contributed by atoms with E-state index in [0.29, 0.717) is 6.54 Å². The van der Waals surface area contributed by atoms with Crippen LogP contribution in [0, 0.1) is 5.92 Å². The minimum Gasteiger partial charge on any atom is -0.394 e. The Bertz CT molecular complexity index is 467. The number of rotatable bonds is 2. The largest absolute Gasteiger partial charge is 0.419 e. The molecule has 0 aliphatic carbocycles. The van der Waals surface area contributed by atoms with Gasteiger partial charge in [-0.25, -0.2) is 4.98 Å². The van der Waals surface area contributed by atoms with Crippen LogP contribution in [-0.2, 0) is 6.18 Å². The van der Waals surface area contributed by atoms with Crippen LogP contribution in [0.4, 0.5) is 19.0 Å². The summed E-state index contributed by atoms with van der Waals surface area (Å²) in [5, 5.41) is 9.36. The molecule has 106 valence electrons. The van der Waals surface area contributed by atoms with Crippen molar-refractivity contribution in [3.05, 3.63) is 22.3 Å². The molecule has 0 saturated carbocycles. The van der Waals surface area contributed by atoms with Crippen LogP contribution >= 0.6 is 15.9 Å². The molecule has 2 unspecified atom stereocenters. The van der Waals surface area contributed by atoms with Crippen molar-refractivity contribution in [2.75, 3.05) is 18.1 Å². The summed E-state index contributed by atoms with van der Waals surface area (Å²) in [4.78, 5) is 5.46. The number of nitrogens with zero attached hydrogens (tertiary/aromatic N) is 2. The van der Waals surface area contributed by atoms with Gasteiger partial charge < -0.3 is 10.0 Å². The molecule has 0 bridgehead atoms. The molecule has 2 rings (SSSR count). The molecule has 1 aliphatic rings. The Hall–Kier alpha value is -0.820. The maximum absolute atomic E-state index is 13.1. The Kier molecular flexibility index (Phi) is 4.06. The summed E-state index contributed by atoms with van der Waals surface area (Å²) in [6, 6.07) is 0.717. The summed E-state index contributed by atoms with van der Waals surface area (Å²) in [6.45, 7) is 2.23. The van der Waals surface area contributed by atoms with Crippen molar-refractivity contribution in [1.82, 2.24) is 4.98 Å². The molecule has 3 nitrogen and oxygen atoms in total. The molecule has 1 aromatic heterocycles. The van der Waals surface area contributed by atoms with E-state index in [4.69, 9.17) is 0 Å². The third kappa shape index (κ3) is 2.86. The van der Waals surface area contributed by atoms with Gasteiger partial charge in [0, 0.05) is 17.2 Å². The summed E-state index contributed by atoms with van der Waals surface area (Å²) < 4.78 is 39.5. The Labute approximate surface area is 117 Å². The smallest absolute Gasteiger partial charge is 0.394 e. The van der Waals surface area contributed by atoms with E-state index in [-0.39, 0.29) is 28.9 Å². The van der Waals surface area contributed by atoms with Gasteiger partial charge in [-0.05, 0) is 34.3 Å². The van der Waals surface area contributed by atoms with Gasteiger partial charge in [-0.2, -0.15) is 13.2 Å². The Balaban J connectivity index is 2.45. The first kappa shape index (κ1) is 14.6. The van der Waals surface area contributed by atoms with E-state index in [2.05, 4.69) is 20.9 Å². The van der Waals surface area contributed by atoms with Gasteiger partial charge in [-0.1, -0.05) is 6.92 Å². The van der Waals surface area contributed by atoms with E-state index in [1.807, 2.05) is 6.92 Å². The van der Waals surface area contributed by atoms with Crippen molar-refractivity contribution in [3.8, 4) is 0 Å². The maximum Gasteiger partial charge on any atom is 0.419 e. The molecule has 0 radical (unpaired) electrons. The molecule has 1 aromatic rings. The fourth-order valence-electron chi connectivity index (χ4n) is 2.42. The number of hydrogen-bond acceptors (Lipinski definition) is 3. The van der Waals surface area contributed by atoms with Crippen molar-refractivity contribution in [2.45, 2.75) is 25.6 Å². The zero-order chi connectivity index (χ0) is 14.2. The van der Waals surface area contributed by atoms with Gasteiger partial charge in [-0.15, -0.1) is 0 Å². The van der Waals surface area contributed by atoms with Crippen LogP contribution in [0.5, 0.6) is 0 Å². The monoisotopic (exact) mass is 338 g/mol. The number of aliphatic hydroxyl groups excluding tert-OH is 1. The number of aromatic nitrogens is 1. The molecule has 0 spiro atoms. The molecular weight excluding hydrogens is 325 g/mol. The highest BCUT2D eigenvalue weighted by molar-refractivity contribution is 9.10. The van der Waals surface area contributed by atoms with Gasteiger partial charge in [0.25, 0.3) is 0 Å². The lowest BCUT2D eigenvalue weighted by Crippen LogP contribution is -2.37. The van der Waals surface area contributed by atoms with Gasteiger partial charge in [0.15, 0.2) is 0 Å². The first-order valence-corrected chi connectivity index (χ1v) is 6.74. The lowest BCUT2D eigenvalue weighted by Gasteiger charge is -2.28. The Morgan fingerprint density at radius 2 is 2.21 bits per heavy atom. The van der Waals surface area contributed by atoms with E-state index in [1.54, 1.807) is 4.90 Å². The first-order valence-electron chi connectivity index (χ1n) is 5.95. The van der Waals surface area contributed by atoms with Crippen LogP contribution in [0.15, 0.2) is 16.7 Å². The van der Waals surface area contributed by atoms with Gasteiger partial charge in [0.2, 0.25) is 0 Å². The quantitative estimate of drug-likeness (QED) is 0.900. The second kappa shape index (κ2) is 5.28. The molecule has 1 N–H and O–H groups in total. The van der Waals surface area contributed by atoms with Crippen molar-refractivity contribution in [2.24, 2.45) is 5.92 Å². The summed E-state index contributed by atoms with van der Waals surface area (Å²) in [6.07, 6.45) is -2.36. The van der Waals surface area contributed by atoms with Crippen molar-refractivity contribution < 1.29 is 18.3 Å². The molecule has 19 heavy (non-hydrogen) atoms. The molecule has 0 aromatic carbocycles. The summed E-state index contributed by atoms with van der Waals surface area (Å²) >= 11 is 3.01. The molecule has 1 fully saturated rings. The first-order chi connectivity index (χ1) is 8.84. The average Bonchev–Trinajstić information content (AvgIpc) is 2.69. The second-order valence-electron chi connectivity index (χ2n) is 4.73. The molecule has 1 saturated heterocycles. The highest BCUT2D eigenvalue weighted by Gasteiger charge is 2.40. The van der Waals surface area contributed by atoms with Crippen LogP contribution in [0.3, 0.4) is 0 Å². The van der Waals surface area contributed by atoms with E-state index < -0.39 is 11.7 Å². The third-order valence-corrected chi connectivity index (χ3v) is 3.91. The number of hydrogen-bond donors (Lipinski definition) is 1. The third-order valence-electron chi connectivity index (χ3n) is 3.48. The van der Waals surface area contributed by atoms with Gasteiger partial charge in [0.05, 0.1) is 18.2 Å². The van der Waals surface area contributed by atoms with Crippen LogP contribution in [0.1, 0.15) is 18.9 Å². The fraction of sp³-hybridized carbons (Fsp3) is 0.583.